The molecule has 3 heterocycles. The van der Waals surface area contributed by atoms with Gasteiger partial charge in [-0.25, -0.2) is 15.0 Å². The first-order chi connectivity index (χ1) is 18.8. The van der Waals surface area contributed by atoms with Crippen LogP contribution in [0.4, 0.5) is 11.5 Å². The number of hydrogen-bond donors (Lipinski definition) is 2. The van der Waals surface area contributed by atoms with Gasteiger partial charge in [0.15, 0.2) is 5.82 Å². The van der Waals surface area contributed by atoms with E-state index in [2.05, 4.69) is 25.7 Å². The summed E-state index contributed by atoms with van der Waals surface area (Å²) in [6, 6.07) is 7.06. The van der Waals surface area contributed by atoms with Crippen LogP contribution in [0, 0.1) is 6.92 Å². The van der Waals surface area contributed by atoms with Gasteiger partial charge >= 0.3 is 0 Å². The van der Waals surface area contributed by atoms with Gasteiger partial charge in [-0.3, -0.25) is 20.0 Å². The summed E-state index contributed by atoms with van der Waals surface area (Å²) in [6.07, 6.45) is 2.24. The maximum Gasteiger partial charge on any atom is 0.272 e. The van der Waals surface area contributed by atoms with Crippen LogP contribution in [0.2, 0.25) is 10.0 Å². The smallest absolute Gasteiger partial charge is 0.272 e. The third-order valence-electron chi connectivity index (χ3n) is 6.27. The monoisotopic (exact) mass is 577 g/mol. The van der Waals surface area contributed by atoms with E-state index in [4.69, 9.17) is 32.7 Å². The zero-order chi connectivity index (χ0) is 27.8. The van der Waals surface area contributed by atoms with Crippen molar-refractivity contribution in [3.8, 4) is 0 Å². The van der Waals surface area contributed by atoms with Crippen LogP contribution in [0.15, 0.2) is 29.3 Å². The molecule has 0 spiro atoms. The Kier molecular flexibility index (Phi) is 10.3. The number of amidine groups is 1. The molecule has 2 N–H and O–H groups in total. The summed E-state index contributed by atoms with van der Waals surface area (Å²) in [4.78, 5) is 39.3. The maximum atomic E-state index is 13.2. The molecule has 0 saturated carbocycles. The summed E-state index contributed by atoms with van der Waals surface area (Å²) in [5, 5.41) is 5.60. The fraction of sp³-hybridized carbons (Fsp3) is 0.500. The lowest BCUT2D eigenvalue weighted by molar-refractivity contribution is -0.119. The quantitative estimate of drug-likeness (QED) is 0.412. The minimum atomic E-state index is -0.140. The van der Waals surface area contributed by atoms with Gasteiger partial charge in [-0.05, 0) is 38.0 Å². The van der Waals surface area contributed by atoms with Crippen LogP contribution in [0.25, 0.3) is 0 Å². The lowest BCUT2D eigenvalue weighted by Gasteiger charge is -2.31. The minimum absolute atomic E-state index is 0.0729. The van der Waals surface area contributed by atoms with Crippen LogP contribution in [-0.2, 0) is 14.3 Å². The third kappa shape index (κ3) is 8.50. The van der Waals surface area contributed by atoms with Gasteiger partial charge in [0, 0.05) is 45.6 Å². The molecule has 1 aromatic carbocycles. The van der Waals surface area contributed by atoms with Crippen molar-refractivity contribution in [1.29, 1.82) is 0 Å². The van der Waals surface area contributed by atoms with Gasteiger partial charge in [0.05, 0.1) is 41.7 Å². The molecule has 210 valence electrons. The molecular weight excluding hydrogens is 545 g/mol. The number of benzene rings is 1. The van der Waals surface area contributed by atoms with Crippen molar-refractivity contribution in [2.45, 2.75) is 39.2 Å². The lowest BCUT2D eigenvalue weighted by atomic mass is 10.1. The average molecular weight is 579 g/mol. The van der Waals surface area contributed by atoms with E-state index in [9.17, 15) is 9.59 Å². The molecule has 2 amide bonds. The number of hydrogen-bond acceptors (Lipinski definition) is 8. The van der Waals surface area contributed by atoms with Gasteiger partial charge in [-0.1, -0.05) is 23.2 Å². The van der Waals surface area contributed by atoms with Gasteiger partial charge in [-0.2, -0.15) is 0 Å². The fourth-order valence-electron chi connectivity index (χ4n) is 4.33. The Labute approximate surface area is 237 Å². The molecule has 2 aliphatic heterocycles. The average Bonchev–Trinajstić information content (AvgIpc) is 3.37. The highest BCUT2D eigenvalue weighted by Crippen LogP contribution is 2.28. The van der Waals surface area contributed by atoms with Gasteiger partial charge in [0.25, 0.3) is 5.91 Å². The van der Waals surface area contributed by atoms with Crippen molar-refractivity contribution < 1.29 is 19.1 Å². The molecule has 0 unspecified atom stereocenters. The molecule has 2 aliphatic rings. The number of nitrogens with one attached hydrogen (secondary N) is 2. The van der Waals surface area contributed by atoms with Gasteiger partial charge in [0.1, 0.15) is 17.4 Å². The topological polar surface area (TPSA) is 121 Å². The lowest BCUT2D eigenvalue weighted by Crippen LogP contribution is -2.41. The molecule has 1 aromatic heterocycles. The standard InChI is InChI=1S/C26H33Cl2N7O4/c1-17-30-23(26(37)34-9-5-20(6-10-34)39-14-13-38-12-8-29-18(2)36)16-25(31-17)32-24-7-11-35(33-24)19-3-4-21(27)22(28)15-19/h3-4,15-16,20H,5-14H2,1-2H3,(H,29,36)(H,30,31,32,33). The van der Waals surface area contributed by atoms with E-state index in [0.717, 1.165) is 24.4 Å². The SMILES string of the molecule is CC(=O)NCCOCCOC1CCN(C(=O)c2cc(N=C3CCN(c4ccc(Cl)c(Cl)c4)N3)nc(C)n2)CC1. The Morgan fingerprint density at radius 2 is 1.90 bits per heavy atom. The van der Waals surface area contributed by atoms with E-state index >= 15 is 0 Å². The molecular formula is C26H33Cl2N7O4. The van der Waals surface area contributed by atoms with E-state index in [1.54, 1.807) is 30.0 Å². The number of likely N-dealkylation sites (tertiary alicyclic amines) is 1. The normalized spacial score (nSPS) is 17.0. The molecule has 39 heavy (non-hydrogen) atoms. The van der Waals surface area contributed by atoms with E-state index in [1.165, 1.54) is 6.92 Å². The van der Waals surface area contributed by atoms with Crippen molar-refractivity contribution in [3.63, 3.8) is 0 Å². The molecule has 13 heteroatoms. The Morgan fingerprint density at radius 3 is 2.64 bits per heavy atom. The van der Waals surface area contributed by atoms with Crippen molar-refractivity contribution >= 4 is 52.4 Å². The highest BCUT2D eigenvalue weighted by atomic mass is 35.5. The number of aliphatic imine (C=N–C) groups is 1. The van der Waals surface area contributed by atoms with Gasteiger partial charge < -0.3 is 19.7 Å². The van der Waals surface area contributed by atoms with Gasteiger partial charge in [0.2, 0.25) is 5.91 Å². The highest BCUT2D eigenvalue weighted by molar-refractivity contribution is 6.42. The van der Waals surface area contributed by atoms with Crippen LogP contribution in [0.3, 0.4) is 0 Å². The second-order valence-electron chi connectivity index (χ2n) is 9.29. The Bertz CT molecular complexity index is 1200. The second-order valence-corrected chi connectivity index (χ2v) is 10.1. The maximum absolute atomic E-state index is 13.2. The van der Waals surface area contributed by atoms with E-state index < -0.39 is 0 Å². The first-order valence-corrected chi connectivity index (χ1v) is 13.7. The number of rotatable bonds is 10. The molecule has 2 aromatic rings. The van der Waals surface area contributed by atoms with Crippen molar-refractivity contribution in [2.24, 2.45) is 4.99 Å². The third-order valence-corrected chi connectivity index (χ3v) is 7.01. The number of ether oxygens (including phenoxy) is 2. The summed E-state index contributed by atoms with van der Waals surface area (Å²) in [6.45, 7) is 6.97. The number of hydrazine groups is 1. The summed E-state index contributed by atoms with van der Waals surface area (Å²) >= 11 is 12.2. The van der Waals surface area contributed by atoms with Crippen molar-refractivity contribution in [2.75, 3.05) is 51.0 Å². The predicted octanol–water partition coefficient (Wildman–Crippen LogP) is 3.31. The number of amides is 2. The zero-order valence-corrected chi connectivity index (χ0v) is 23.6. The number of carbonyl (C=O) groups is 2. The van der Waals surface area contributed by atoms with Gasteiger partial charge in [-0.15, -0.1) is 0 Å². The minimum Gasteiger partial charge on any atom is -0.377 e. The Hall–Kier alpha value is -2.99. The summed E-state index contributed by atoms with van der Waals surface area (Å²) < 4.78 is 11.3. The number of aryl methyl sites for hydroxylation is 1. The molecule has 0 radical (unpaired) electrons. The molecule has 0 aliphatic carbocycles. The van der Waals surface area contributed by atoms with Crippen LogP contribution in [0.5, 0.6) is 0 Å². The summed E-state index contributed by atoms with van der Waals surface area (Å²) in [5.41, 5.74) is 4.47. The van der Waals surface area contributed by atoms with E-state index in [0.29, 0.717) is 79.8 Å². The van der Waals surface area contributed by atoms with Crippen LogP contribution < -0.4 is 15.8 Å². The second kappa shape index (κ2) is 13.9. The summed E-state index contributed by atoms with van der Waals surface area (Å²) in [7, 11) is 0. The predicted molar refractivity (Wildman–Crippen MR) is 150 cm³/mol. The number of piperidine rings is 1. The van der Waals surface area contributed by atoms with Crippen LogP contribution in [0.1, 0.15) is 42.5 Å². The summed E-state index contributed by atoms with van der Waals surface area (Å²) in [5.74, 6) is 1.43. The molecule has 4 rings (SSSR count). The van der Waals surface area contributed by atoms with Crippen molar-refractivity contribution in [3.05, 3.63) is 45.8 Å². The first kappa shape index (κ1) is 29.0. The molecule has 0 bridgehead atoms. The number of halogens is 2. The van der Waals surface area contributed by atoms with E-state index in [1.807, 2.05) is 11.1 Å². The molecule has 2 saturated heterocycles. The van der Waals surface area contributed by atoms with Crippen LogP contribution >= 0.6 is 23.2 Å². The number of carbonyl (C=O) groups excluding carboxylic acids is 2. The Balaban J connectivity index is 1.26. The molecule has 2 fully saturated rings. The zero-order valence-electron chi connectivity index (χ0n) is 22.1. The van der Waals surface area contributed by atoms with Crippen LogP contribution in [-0.4, -0.2) is 84.6 Å². The van der Waals surface area contributed by atoms with Crippen molar-refractivity contribution in [1.82, 2.24) is 25.6 Å². The number of nitrogens with zero attached hydrogens (tertiary/aromatic N) is 5. The fourth-order valence-corrected chi connectivity index (χ4v) is 4.62. The highest BCUT2D eigenvalue weighted by Gasteiger charge is 2.26. The Morgan fingerprint density at radius 1 is 1.10 bits per heavy atom. The molecule has 0 atom stereocenters. The largest absolute Gasteiger partial charge is 0.377 e. The number of aromatic nitrogens is 2. The molecule has 11 nitrogen and oxygen atoms in total. The number of anilines is 1. The van der Waals surface area contributed by atoms with E-state index in [-0.39, 0.29) is 17.9 Å². The first-order valence-electron chi connectivity index (χ1n) is 12.9.